The van der Waals surface area contributed by atoms with Crippen LogP contribution in [0.15, 0.2) is 36.4 Å². The zero-order valence-corrected chi connectivity index (χ0v) is 28.3. The highest BCUT2D eigenvalue weighted by molar-refractivity contribution is 6.36. The molecule has 0 spiro atoms. The van der Waals surface area contributed by atoms with Crippen LogP contribution < -0.4 is 10.6 Å². The summed E-state index contributed by atoms with van der Waals surface area (Å²) in [7, 11) is 3.81. The largest absolute Gasteiger partial charge is 0.327 e. The number of carbonyl (C=O) groups excluding carboxylic acids is 2. The zero-order chi connectivity index (χ0) is 32.7. The molecule has 0 saturated carbocycles. The summed E-state index contributed by atoms with van der Waals surface area (Å²) in [6, 6.07) is 11.7. The number of carbonyl (C=O) groups is 2. The van der Waals surface area contributed by atoms with Crippen molar-refractivity contribution in [3.05, 3.63) is 81.4 Å². The van der Waals surface area contributed by atoms with Crippen molar-refractivity contribution in [2.75, 3.05) is 30.3 Å². The van der Waals surface area contributed by atoms with Crippen molar-refractivity contribution in [3.8, 4) is 11.1 Å². The third-order valence-corrected chi connectivity index (χ3v) is 9.82. The smallest absolute Gasteiger partial charge is 0.291 e. The number of imidazole rings is 2. The number of nitrogens with zero attached hydrogens (tertiary/aromatic N) is 6. The van der Waals surface area contributed by atoms with Crippen LogP contribution in [0.3, 0.4) is 0 Å². The van der Waals surface area contributed by atoms with Crippen LogP contribution >= 0.6 is 11.6 Å². The Morgan fingerprint density at radius 1 is 0.848 bits per heavy atom. The van der Waals surface area contributed by atoms with Gasteiger partial charge in [0.25, 0.3) is 11.8 Å². The van der Waals surface area contributed by atoms with E-state index in [9.17, 15) is 9.59 Å². The molecule has 0 bridgehead atoms. The van der Waals surface area contributed by atoms with E-state index in [0.717, 1.165) is 91.5 Å². The van der Waals surface area contributed by atoms with Gasteiger partial charge in [-0.15, -0.1) is 0 Å². The van der Waals surface area contributed by atoms with Gasteiger partial charge in [0.1, 0.15) is 0 Å². The van der Waals surface area contributed by atoms with E-state index in [-0.39, 0.29) is 11.8 Å². The highest BCUT2D eigenvalue weighted by Gasteiger charge is 2.28. The predicted octanol–water partition coefficient (Wildman–Crippen LogP) is 5.82. The number of aromatic nitrogens is 4. The molecule has 10 nitrogen and oxygen atoms in total. The third-order valence-electron chi connectivity index (χ3n) is 9.42. The van der Waals surface area contributed by atoms with Gasteiger partial charge in [0.15, 0.2) is 11.6 Å². The normalized spacial score (nSPS) is 15.1. The number of amides is 2. The average molecular weight is 643 g/mol. The number of nitrogens with one attached hydrogen (secondary N) is 2. The molecule has 0 unspecified atom stereocenters. The SMILES string of the molecule is CCCN1CCc2c(nc(C(=O)Nc3cccc(-c4cccc(NC(=O)c5nc6c(n5C)CCN(C(C)C)C6)c4Cl)c3C)n2C)C1. The van der Waals surface area contributed by atoms with Crippen molar-refractivity contribution in [2.24, 2.45) is 14.1 Å². The molecule has 46 heavy (non-hydrogen) atoms. The lowest BCUT2D eigenvalue weighted by atomic mass is 9.98. The fraction of sp³-hybridized carbons (Fsp3) is 0.429. The molecule has 2 amide bonds. The van der Waals surface area contributed by atoms with Gasteiger partial charge in [0, 0.05) is 81.8 Å². The van der Waals surface area contributed by atoms with E-state index in [1.165, 1.54) is 0 Å². The summed E-state index contributed by atoms with van der Waals surface area (Å²) < 4.78 is 3.82. The molecular formula is C35H43ClN8O2. The number of anilines is 2. The summed E-state index contributed by atoms with van der Waals surface area (Å²) in [5.41, 5.74) is 7.79. The van der Waals surface area contributed by atoms with Crippen LogP contribution in [0.2, 0.25) is 5.02 Å². The van der Waals surface area contributed by atoms with Gasteiger partial charge in [-0.1, -0.05) is 42.8 Å². The maximum absolute atomic E-state index is 13.5. The summed E-state index contributed by atoms with van der Waals surface area (Å²) in [6.45, 7) is 12.9. The van der Waals surface area contributed by atoms with Crippen LogP contribution in [0, 0.1) is 6.92 Å². The van der Waals surface area contributed by atoms with E-state index >= 15 is 0 Å². The fourth-order valence-electron chi connectivity index (χ4n) is 6.74. The van der Waals surface area contributed by atoms with Crippen LogP contribution in [0.4, 0.5) is 11.4 Å². The molecule has 0 aliphatic carbocycles. The summed E-state index contributed by atoms with van der Waals surface area (Å²) in [5, 5.41) is 6.50. The Balaban J connectivity index is 1.21. The second-order valence-electron chi connectivity index (χ2n) is 12.7. The van der Waals surface area contributed by atoms with Gasteiger partial charge in [-0.3, -0.25) is 19.4 Å². The maximum Gasteiger partial charge on any atom is 0.291 e. The Labute approximate surface area is 275 Å². The first kappa shape index (κ1) is 32.0. The molecule has 0 fully saturated rings. The topological polar surface area (TPSA) is 100 Å². The number of fused-ring (bicyclic) bond motifs is 2. The van der Waals surface area contributed by atoms with Gasteiger partial charge in [0.2, 0.25) is 0 Å². The number of halogens is 1. The van der Waals surface area contributed by atoms with Crippen molar-refractivity contribution in [1.29, 1.82) is 0 Å². The average Bonchev–Trinajstić information content (AvgIpc) is 3.55. The second kappa shape index (κ2) is 13.0. The van der Waals surface area contributed by atoms with E-state index in [1.807, 2.05) is 60.5 Å². The molecule has 2 aromatic heterocycles. The highest BCUT2D eigenvalue weighted by atomic mass is 35.5. The van der Waals surface area contributed by atoms with Crippen molar-refractivity contribution in [3.63, 3.8) is 0 Å². The van der Waals surface area contributed by atoms with Gasteiger partial charge in [-0.2, -0.15) is 0 Å². The first-order valence-corrected chi connectivity index (χ1v) is 16.5. The number of hydrogen-bond donors (Lipinski definition) is 2. The summed E-state index contributed by atoms with van der Waals surface area (Å²) in [4.78, 5) is 41.2. The molecule has 4 aromatic rings. The standard InChI is InChI=1S/C35H43ClN8O2/c1-7-16-43-17-14-29-27(19-43)37-32(41(29)5)34(45)39-25-12-8-10-23(22(25)4)24-11-9-13-26(31(24)36)40-35(46)33-38-28-20-44(21(2)3)18-15-30(28)42(33)6/h8-13,21H,7,14-20H2,1-6H3,(H,39,45)(H,40,46). The number of benzene rings is 2. The molecule has 2 aliphatic heterocycles. The van der Waals surface area contributed by atoms with Gasteiger partial charge < -0.3 is 19.8 Å². The summed E-state index contributed by atoms with van der Waals surface area (Å²) >= 11 is 6.96. The molecule has 11 heteroatoms. The molecule has 0 atom stereocenters. The van der Waals surface area contributed by atoms with Crippen molar-refractivity contribution >= 4 is 34.8 Å². The Kier molecular flexibility index (Phi) is 9.05. The Bertz CT molecular complexity index is 1810. The minimum atomic E-state index is -0.305. The van der Waals surface area contributed by atoms with Crippen LogP contribution in [0.1, 0.15) is 76.8 Å². The predicted molar refractivity (Wildman–Crippen MR) is 182 cm³/mol. The van der Waals surface area contributed by atoms with Gasteiger partial charge in [-0.05, 0) is 57.0 Å². The van der Waals surface area contributed by atoms with E-state index in [2.05, 4.69) is 41.2 Å². The van der Waals surface area contributed by atoms with Crippen LogP contribution in [-0.2, 0) is 40.0 Å². The Morgan fingerprint density at radius 3 is 2.04 bits per heavy atom. The van der Waals surface area contributed by atoms with Crippen LogP contribution in [0.25, 0.3) is 11.1 Å². The number of rotatable bonds is 8. The molecule has 6 rings (SSSR count). The quantitative estimate of drug-likeness (QED) is 0.251. The molecule has 4 heterocycles. The lowest BCUT2D eigenvalue weighted by molar-refractivity contribution is 0.100. The lowest BCUT2D eigenvalue weighted by Crippen LogP contribution is -2.36. The first-order chi connectivity index (χ1) is 22.1. The van der Waals surface area contributed by atoms with Crippen LogP contribution in [-0.4, -0.2) is 66.4 Å². The highest BCUT2D eigenvalue weighted by Crippen LogP contribution is 2.38. The van der Waals surface area contributed by atoms with Crippen molar-refractivity contribution in [1.82, 2.24) is 28.9 Å². The minimum absolute atomic E-state index is 0.249. The maximum atomic E-state index is 13.5. The van der Waals surface area contributed by atoms with Crippen LogP contribution in [0.5, 0.6) is 0 Å². The summed E-state index contributed by atoms with van der Waals surface area (Å²) in [5.74, 6) is 0.219. The van der Waals surface area contributed by atoms with Gasteiger partial charge in [0.05, 0.1) is 22.1 Å². The first-order valence-electron chi connectivity index (χ1n) is 16.1. The van der Waals surface area contributed by atoms with Gasteiger partial charge in [-0.25, -0.2) is 9.97 Å². The van der Waals surface area contributed by atoms with Crippen molar-refractivity contribution < 1.29 is 9.59 Å². The number of hydrogen-bond acceptors (Lipinski definition) is 6. The Hall–Kier alpha value is -3.99. The van der Waals surface area contributed by atoms with Crippen molar-refractivity contribution in [2.45, 2.75) is 66.1 Å². The summed E-state index contributed by atoms with van der Waals surface area (Å²) in [6.07, 6.45) is 2.83. The molecule has 0 radical (unpaired) electrons. The molecule has 2 aromatic carbocycles. The third kappa shape index (κ3) is 5.97. The van der Waals surface area contributed by atoms with E-state index in [4.69, 9.17) is 21.6 Å². The fourth-order valence-corrected chi connectivity index (χ4v) is 7.02. The lowest BCUT2D eigenvalue weighted by Gasteiger charge is -2.29. The molecular weight excluding hydrogens is 600 g/mol. The molecule has 0 saturated heterocycles. The zero-order valence-electron chi connectivity index (χ0n) is 27.6. The molecule has 242 valence electrons. The van der Waals surface area contributed by atoms with E-state index < -0.39 is 0 Å². The molecule has 2 N–H and O–H groups in total. The van der Waals surface area contributed by atoms with Gasteiger partial charge >= 0.3 is 0 Å². The van der Waals surface area contributed by atoms with E-state index in [0.29, 0.717) is 34.1 Å². The Morgan fingerprint density at radius 2 is 1.41 bits per heavy atom. The minimum Gasteiger partial charge on any atom is -0.327 e. The molecule has 2 aliphatic rings. The monoisotopic (exact) mass is 642 g/mol. The van der Waals surface area contributed by atoms with E-state index in [1.54, 1.807) is 6.07 Å². The second-order valence-corrected chi connectivity index (χ2v) is 13.0.